The van der Waals surface area contributed by atoms with Crippen LogP contribution in [0, 0.1) is 0 Å². The summed E-state index contributed by atoms with van der Waals surface area (Å²) >= 11 is 5.08. The Balaban J connectivity index is 1.06. The molecule has 166 valence electrons. The highest BCUT2D eigenvalue weighted by atomic mass is 79.9. The molecule has 1 fully saturated rings. The van der Waals surface area contributed by atoms with Crippen molar-refractivity contribution in [3.05, 3.63) is 68.7 Å². The third-order valence-corrected chi connectivity index (χ3v) is 7.57. The molecule has 5 rings (SSSR count). The number of ether oxygens (including phenoxy) is 1. The van der Waals surface area contributed by atoms with Crippen LogP contribution >= 0.6 is 27.3 Å². The van der Waals surface area contributed by atoms with Gasteiger partial charge in [-0.3, -0.25) is 9.69 Å². The van der Waals surface area contributed by atoms with Gasteiger partial charge in [0.15, 0.2) is 0 Å². The molecule has 4 aromatic rings. The predicted molar refractivity (Wildman–Crippen MR) is 137 cm³/mol. The summed E-state index contributed by atoms with van der Waals surface area (Å²) in [7, 11) is 0. The fraction of sp³-hybridized carbons (Fsp3) is 0.320. The van der Waals surface area contributed by atoms with Gasteiger partial charge >= 0.3 is 0 Å². The minimum atomic E-state index is -0.123. The number of halogens is 1. The fourth-order valence-corrected chi connectivity index (χ4v) is 5.49. The molecule has 1 aliphatic heterocycles. The molecule has 0 saturated carbocycles. The first-order valence-electron chi connectivity index (χ1n) is 11.1. The lowest BCUT2D eigenvalue weighted by molar-refractivity contribution is 0.239. The van der Waals surface area contributed by atoms with Gasteiger partial charge in [0, 0.05) is 48.0 Å². The molecule has 0 amide bonds. The minimum absolute atomic E-state index is 0.123. The smallest absolute Gasteiger partial charge is 0.262 e. The summed E-state index contributed by atoms with van der Waals surface area (Å²) in [5.74, 6) is 0.798. The lowest BCUT2D eigenvalue weighted by Crippen LogP contribution is -2.46. The highest BCUT2D eigenvalue weighted by Gasteiger charge is 2.18. The van der Waals surface area contributed by atoms with Crippen LogP contribution in [0.4, 0.5) is 5.69 Å². The number of hydrogen-bond donors (Lipinski definition) is 1. The molecule has 0 bridgehead atoms. The quantitative estimate of drug-likeness (QED) is 0.333. The molecule has 1 N–H and O–H groups in total. The van der Waals surface area contributed by atoms with E-state index >= 15 is 0 Å². The van der Waals surface area contributed by atoms with Crippen LogP contribution in [0.25, 0.3) is 21.0 Å². The standard InChI is InChI=1S/C25H26BrN3O2S/c26-21-16-18-6-7-19(17-22(18)27-25(21)30)31-14-2-1-9-28-10-12-29(13-11-28)23-4-3-5-24-20(23)8-15-32-24/h3-8,15-17H,1-2,9-14H2,(H,27,30). The number of hydrogen-bond acceptors (Lipinski definition) is 5. The molecule has 0 aliphatic carbocycles. The molecule has 3 heterocycles. The van der Waals surface area contributed by atoms with E-state index in [9.17, 15) is 4.79 Å². The van der Waals surface area contributed by atoms with Gasteiger partial charge in [-0.2, -0.15) is 0 Å². The summed E-state index contributed by atoms with van der Waals surface area (Å²) in [5.41, 5.74) is 2.05. The van der Waals surface area contributed by atoms with Gasteiger partial charge in [-0.25, -0.2) is 0 Å². The number of benzene rings is 2. The molecule has 0 radical (unpaired) electrons. The van der Waals surface area contributed by atoms with Gasteiger partial charge in [-0.15, -0.1) is 11.3 Å². The Morgan fingerprint density at radius 2 is 1.91 bits per heavy atom. The molecule has 0 spiro atoms. The van der Waals surface area contributed by atoms with E-state index in [0.29, 0.717) is 11.1 Å². The first kappa shape index (κ1) is 21.5. The third kappa shape index (κ3) is 4.70. The van der Waals surface area contributed by atoms with E-state index in [-0.39, 0.29) is 5.56 Å². The SMILES string of the molecule is O=c1[nH]c2cc(OCCCCN3CCN(c4cccc5sccc45)CC3)ccc2cc1Br. The normalized spacial score (nSPS) is 15.0. The number of H-pyrrole nitrogens is 1. The van der Waals surface area contributed by atoms with Gasteiger partial charge in [0.2, 0.25) is 0 Å². The van der Waals surface area contributed by atoms with Crippen molar-refractivity contribution < 1.29 is 4.74 Å². The number of aromatic amines is 1. The molecule has 1 saturated heterocycles. The molecule has 7 heteroatoms. The fourth-order valence-electron chi connectivity index (χ4n) is 4.34. The van der Waals surface area contributed by atoms with E-state index in [1.807, 2.05) is 35.6 Å². The van der Waals surface area contributed by atoms with E-state index < -0.39 is 0 Å². The molecule has 0 atom stereocenters. The van der Waals surface area contributed by atoms with Crippen LogP contribution in [0.2, 0.25) is 0 Å². The average molecular weight is 512 g/mol. The van der Waals surface area contributed by atoms with Crippen LogP contribution in [0.5, 0.6) is 5.75 Å². The maximum Gasteiger partial charge on any atom is 0.262 e. The third-order valence-electron chi connectivity index (χ3n) is 6.10. The van der Waals surface area contributed by atoms with E-state index in [1.165, 1.54) is 15.8 Å². The summed E-state index contributed by atoms with van der Waals surface area (Å²) in [6, 6.07) is 16.5. The number of nitrogens with one attached hydrogen (secondary N) is 1. The van der Waals surface area contributed by atoms with Crippen LogP contribution in [0.3, 0.4) is 0 Å². The molecule has 1 aliphatic rings. The summed E-state index contributed by atoms with van der Waals surface area (Å²) in [6.45, 7) is 6.17. The van der Waals surface area contributed by atoms with Gasteiger partial charge in [0.25, 0.3) is 5.56 Å². The zero-order valence-corrected chi connectivity index (χ0v) is 20.3. The number of thiophene rings is 1. The van der Waals surface area contributed by atoms with Crippen LogP contribution < -0.4 is 15.2 Å². The Hall–Kier alpha value is -2.35. The largest absolute Gasteiger partial charge is 0.494 e. The number of pyridine rings is 1. The van der Waals surface area contributed by atoms with E-state index in [4.69, 9.17) is 4.74 Å². The number of nitrogens with zero attached hydrogens (tertiary/aromatic N) is 2. The van der Waals surface area contributed by atoms with Crippen molar-refractivity contribution in [1.29, 1.82) is 0 Å². The van der Waals surface area contributed by atoms with Crippen molar-refractivity contribution >= 4 is 53.9 Å². The minimum Gasteiger partial charge on any atom is -0.494 e. The molecule has 0 unspecified atom stereocenters. The van der Waals surface area contributed by atoms with Gasteiger partial charge in [0.1, 0.15) is 5.75 Å². The molecule has 32 heavy (non-hydrogen) atoms. The van der Waals surface area contributed by atoms with Crippen LogP contribution in [-0.4, -0.2) is 49.2 Å². The van der Waals surface area contributed by atoms with Gasteiger partial charge in [0.05, 0.1) is 16.6 Å². The molecule has 5 nitrogen and oxygen atoms in total. The van der Waals surface area contributed by atoms with Crippen molar-refractivity contribution in [3.8, 4) is 5.75 Å². The van der Waals surface area contributed by atoms with Crippen LogP contribution in [0.15, 0.2) is 63.2 Å². The molecule has 2 aromatic heterocycles. The Kier molecular flexibility index (Phi) is 6.48. The van der Waals surface area contributed by atoms with Crippen molar-refractivity contribution in [3.63, 3.8) is 0 Å². The maximum absolute atomic E-state index is 11.8. The zero-order chi connectivity index (χ0) is 21.9. The van der Waals surface area contributed by atoms with Gasteiger partial charge in [-0.05, 0) is 82.5 Å². The second-order valence-corrected chi connectivity index (χ2v) is 9.99. The summed E-state index contributed by atoms with van der Waals surface area (Å²) in [4.78, 5) is 19.7. The Labute approximate surface area is 199 Å². The Bertz CT molecular complexity index is 1280. The lowest BCUT2D eigenvalue weighted by Gasteiger charge is -2.36. The number of anilines is 1. The maximum atomic E-state index is 11.8. The number of aromatic nitrogens is 1. The monoisotopic (exact) mass is 511 g/mol. The van der Waals surface area contributed by atoms with Crippen LogP contribution in [0.1, 0.15) is 12.8 Å². The topological polar surface area (TPSA) is 48.6 Å². The molecule has 2 aromatic carbocycles. The van der Waals surface area contributed by atoms with Crippen molar-refractivity contribution in [2.24, 2.45) is 0 Å². The Morgan fingerprint density at radius 3 is 2.78 bits per heavy atom. The van der Waals surface area contributed by atoms with Gasteiger partial charge in [-0.1, -0.05) is 6.07 Å². The number of fused-ring (bicyclic) bond motifs is 2. The highest BCUT2D eigenvalue weighted by Crippen LogP contribution is 2.31. The van der Waals surface area contributed by atoms with Crippen LogP contribution in [-0.2, 0) is 0 Å². The second kappa shape index (κ2) is 9.65. The first-order chi connectivity index (χ1) is 15.7. The van der Waals surface area contributed by atoms with Crippen molar-refractivity contribution in [2.75, 3.05) is 44.2 Å². The Morgan fingerprint density at radius 1 is 1.03 bits per heavy atom. The highest BCUT2D eigenvalue weighted by molar-refractivity contribution is 9.10. The van der Waals surface area contributed by atoms with E-state index in [0.717, 1.165) is 62.2 Å². The number of piperazine rings is 1. The predicted octanol–water partition coefficient (Wildman–Crippen LogP) is 5.49. The lowest BCUT2D eigenvalue weighted by atomic mass is 10.2. The first-order valence-corrected chi connectivity index (χ1v) is 12.7. The summed E-state index contributed by atoms with van der Waals surface area (Å²) in [6.07, 6.45) is 2.14. The van der Waals surface area contributed by atoms with Gasteiger partial charge < -0.3 is 14.6 Å². The molecular weight excluding hydrogens is 486 g/mol. The van der Waals surface area contributed by atoms with Crippen molar-refractivity contribution in [1.82, 2.24) is 9.88 Å². The van der Waals surface area contributed by atoms with Crippen molar-refractivity contribution in [2.45, 2.75) is 12.8 Å². The molecular formula is C25H26BrN3O2S. The van der Waals surface area contributed by atoms with E-state index in [1.54, 1.807) is 0 Å². The summed E-state index contributed by atoms with van der Waals surface area (Å²) in [5, 5.41) is 4.55. The number of unbranched alkanes of at least 4 members (excludes halogenated alkanes) is 1. The second-order valence-electron chi connectivity index (χ2n) is 8.19. The van der Waals surface area contributed by atoms with E-state index in [2.05, 4.69) is 60.4 Å². The number of rotatable bonds is 7. The average Bonchev–Trinajstić information content (AvgIpc) is 3.29. The zero-order valence-electron chi connectivity index (χ0n) is 17.9. The summed E-state index contributed by atoms with van der Waals surface area (Å²) < 4.78 is 7.84.